The molecule has 2 aromatic heterocycles. The van der Waals surface area contributed by atoms with E-state index in [4.69, 9.17) is 5.11 Å². The zero-order chi connectivity index (χ0) is 15.5. The summed E-state index contributed by atoms with van der Waals surface area (Å²) in [7, 11) is -1.94. The fraction of sp³-hybridized carbons (Fsp3) is 0.545. The molecule has 0 aliphatic rings. The van der Waals surface area contributed by atoms with Crippen LogP contribution in [0.3, 0.4) is 0 Å². The smallest absolute Gasteiger partial charge is 0.244 e. The Morgan fingerprint density at radius 3 is 2.86 bits per heavy atom. The van der Waals surface area contributed by atoms with Crippen molar-refractivity contribution < 1.29 is 13.5 Å². The van der Waals surface area contributed by atoms with E-state index in [0.29, 0.717) is 18.8 Å². The molecule has 1 atom stereocenters. The molecule has 2 aromatic rings. The van der Waals surface area contributed by atoms with Crippen LogP contribution in [-0.4, -0.2) is 44.7 Å². The highest BCUT2D eigenvalue weighted by atomic mass is 32.2. The normalized spacial score (nSPS) is 13.5. The van der Waals surface area contributed by atoms with Gasteiger partial charge in [-0.3, -0.25) is 4.68 Å². The van der Waals surface area contributed by atoms with Crippen LogP contribution < -0.4 is 4.72 Å². The number of aromatic nitrogens is 5. The number of hydrogen-bond acceptors (Lipinski definition) is 6. The van der Waals surface area contributed by atoms with Gasteiger partial charge < -0.3 is 9.67 Å². The van der Waals surface area contributed by atoms with Gasteiger partial charge in [-0.1, -0.05) is 0 Å². The molecule has 0 saturated carbocycles. The van der Waals surface area contributed by atoms with Crippen LogP contribution in [0.2, 0.25) is 0 Å². The molecule has 0 saturated heterocycles. The minimum absolute atomic E-state index is 0.0311. The predicted octanol–water partition coefficient (Wildman–Crippen LogP) is -0.567. The van der Waals surface area contributed by atoms with Gasteiger partial charge in [-0.15, -0.1) is 10.2 Å². The SMILES string of the molecule is CC(NS(=O)(=O)c1cnn(CCCO)c1)c1nncn1C. The lowest BCUT2D eigenvalue weighted by molar-refractivity contribution is 0.277. The van der Waals surface area contributed by atoms with Crippen molar-refractivity contribution in [3.63, 3.8) is 0 Å². The fourth-order valence-corrected chi connectivity index (χ4v) is 3.03. The Balaban J connectivity index is 2.11. The van der Waals surface area contributed by atoms with Crippen molar-refractivity contribution >= 4 is 10.0 Å². The molecule has 0 aliphatic heterocycles. The Hall–Kier alpha value is -1.78. The molecule has 0 spiro atoms. The van der Waals surface area contributed by atoms with Crippen molar-refractivity contribution in [3.8, 4) is 0 Å². The minimum atomic E-state index is -3.68. The largest absolute Gasteiger partial charge is 0.396 e. The van der Waals surface area contributed by atoms with Crippen LogP contribution in [0.1, 0.15) is 25.2 Å². The van der Waals surface area contributed by atoms with Crippen molar-refractivity contribution in [2.45, 2.75) is 30.8 Å². The van der Waals surface area contributed by atoms with Crippen molar-refractivity contribution in [2.75, 3.05) is 6.61 Å². The number of aryl methyl sites for hydroxylation is 2. The zero-order valence-electron chi connectivity index (χ0n) is 11.8. The molecular weight excluding hydrogens is 296 g/mol. The quantitative estimate of drug-likeness (QED) is 0.707. The summed E-state index contributed by atoms with van der Waals surface area (Å²) in [6.07, 6.45) is 4.74. The molecule has 0 aliphatic carbocycles. The number of sulfonamides is 1. The number of aliphatic hydroxyl groups excluding tert-OH is 1. The maximum Gasteiger partial charge on any atom is 0.244 e. The lowest BCUT2D eigenvalue weighted by Gasteiger charge is -2.12. The lowest BCUT2D eigenvalue weighted by Crippen LogP contribution is -2.28. The van der Waals surface area contributed by atoms with Gasteiger partial charge in [0.15, 0.2) is 0 Å². The summed E-state index contributed by atoms with van der Waals surface area (Å²) in [6, 6.07) is -0.511. The lowest BCUT2D eigenvalue weighted by atomic mass is 10.3. The van der Waals surface area contributed by atoms with E-state index in [9.17, 15) is 8.42 Å². The predicted molar refractivity (Wildman–Crippen MR) is 73.7 cm³/mol. The molecule has 10 heteroatoms. The average Bonchev–Trinajstić information content (AvgIpc) is 3.04. The van der Waals surface area contributed by atoms with E-state index in [2.05, 4.69) is 20.0 Å². The van der Waals surface area contributed by atoms with Crippen molar-refractivity contribution in [3.05, 3.63) is 24.5 Å². The molecule has 0 bridgehead atoms. The number of nitrogens with one attached hydrogen (secondary N) is 1. The molecule has 2 heterocycles. The first-order chi connectivity index (χ1) is 9.94. The van der Waals surface area contributed by atoms with Gasteiger partial charge in [0, 0.05) is 26.4 Å². The minimum Gasteiger partial charge on any atom is -0.396 e. The first-order valence-corrected chi connectivity index (χ1v) is 7.92. The summed E-state index contributed by atoms with van der Waals surface area (Å²) in [6.45, 7) is 2.19. The number of nitrogens with zero attached hydrogens (tertiary/aromatic N) is 5. The first-order valence-electron chi connectivity index (χ1n) is 6.43. The van der Waals surface area contributed by atoms with Gasteiger partial charge in [-0.05, 0) is 13.3 Å². The Morgan fingerprint density at radius 1 is 1.48 bits per heavy atom. The van der Waals surface area contributed by atoms with E-state index >= 15 is 0 Å². The Morgan fingerprint density at radius 2 is 2.24 bits per heavy atom. The molecule has 0 radical (unpaired) electrons. The average molecular weight is 314 g/mol. The highest BCUT2D eigenvalue weighted by molar-refractivity contribution is 7.89. The molecular formula is C11H18N6O3S. The van der Waals surface area contributed by atoms with Crippen LogP contribution in [-0.2, 0) is 23.6 Å². The van der Waals surface area contributed by atoms with E-state index in [-0.39, 0.29) is 11.5 Å². The van der Waals surface area contributed by atoms with Gasteiger partial charge in [0.25, 0.3) is 0 Å². The van der Waals surface area contributed by atoms with Crippen LogP contribution in [0.5, 0.6) is 0 Å². The molecule has 2 rings (SSSR count). The summed E-state index contributed by atoms with van der Waals surface area (Å²) in [5, 5.41) is 20.3. The van der Waals surface area contributed by atoms with E-state index in [0.717, 1.165) is 0 Å². The van der Waals surface area contributed by atoms with Crippen LogP contribution in [0, 0.1) is 0 Å². The van der Waals surface area contributed by atoms with Crippen LogP contribution in [0.25, 0.3) is 0 Å². The third kappa shape index (κ3) is 3.65. The van der Waals surface area contributed by atoms with Gasteiger partial charge in [-0.2, -0.15) is 5.10 Å². The summed E-state index contributed by atoms with van der Waals surface area (Å²) in [4.78, 5) is 0.0782. The highest BCUT2D eigenvalue weighted by Gasteiger charge is 2.22. The molecule has 21 heavy (non-hydrogen) atoms. The molecule has 0 amide bonds. The number of aliphatic hydroxyl groups is 1. The summed E-state index contributed by atoms with van der Waals surface area (Å²) in [5.74, 6) is 0.520. The van der Waals surface area contributed by atoms with Crippen molar-refractivity contribution in [1.82, 2.24) is 29.3 Å². The van der Waals surface area contributed by atoms with Crippen LogP contribution >= 0.6 is 0 Å². The van der Waals surface area contributed by atoms with Gasteiger partial charge in [0.1, 0.15) is 17.0 Å². The molecule has 2 N–H and O–H groups in total. The monoisotopic (exact) mass is 314 g/mol. The van der Waals surface area contributed by atoms with Gasteiger partial charge in [-0.25, -0.2) is 13.1 Å². The molecule has 0 aromatic carbocycles. The summed E-state index contributed by atoms with van der Waals surface area (Å²) >= 11 is 0. The summed E-state index contributed by atoms with van der Waals surface area (Å²) in [5.41, 5.74) is 0. The van der Waals surface area contributed by atoms with Crippen LogP contribution in [0.4, 0.5) is 0 Å². The van der Waals surface area contributed by atoms with E-state index in [1.807, 2.05) is 0 Å². The zero-order valence-corrected chi connectivity index (χ0v) is 12.7. The van der Waals surface area contributed by atoms with Gasteiger partial charge >= 0.3 is 0 Å². The third-order valence-electron chi connectivity index (χ3n) is 2.93. The second kappa shape index (κ2) is 6.33. The third-order valence-corrected chi connectivity index (χ3v) is 4.43. The van der Waals surface area contributed by atoms with Crippen molar-refractivity contribution in [2.24, 2.45) is 7.05 Å². The van der Waals surface area contributed by atoms with E-state index in [1.54, 1.807) is 18.5 Å². The molecule has 1 unspecified atom stereocenters. The second-order valence-corrected chi connectivity index (χ2v) is 6.37. The molecule has 9 nitrogen and oxygen atoms in total. The van der Waals surface area contributed by atoms with E-state index < -0.39 is 16.1 Å². The second-order valence-electron chi connectivity index (χ2n) is 4.66. The van der Waals surface area contributed by atoms with Crippen LogP contribution in [0.15, 0.2) is 23.6 Å². The first kappa shape index (κ1) is 15.6. The standard InChI is InChI=1S/C11H18N6O3S/c1-9(11-14-12-8-16(11)2)15-21(19,20)10-6-13-17(7-10)4-3-5-18/h6-9,15,18H,3-5H2,1-2H3. The maximum atomic E-state index is 12.3. The Kier molecular flexibility index (Phi) is 4.70. The fourth-order valence-electron chi connectivity index (χ4n) is 1.88. The molecule has 116 valence electrons. The topological polar surface area (TPSA) is 115 Å². The highest BCUT2D eigenvalue weighted by Crippen LogP contribution is 2.14. The number of rotatable bonds is 7. The molecule has 0 fully saturated rings. The summed E-state index contributed by atoms with van der Waals surface area (Å²) < 4.78 is 30.2. The maximum absolute atomic E-state index is 12.3. The Labute approximate surface area is 122 Å². The van der Waals surface area contributed by atoms with Crippen molar-refractivity contribution in [1.29, 1.82) is 0 Å². The Bertz CT molecular complexity index is 692. The van der Waals surface area contributed by atoms with Gasteiger partial charge in [0.2, 0.25) is 10.0 Å². The van der Waals surface area contributed by atoms with Gasteiger partial charge in [0.05, 0.1) is 12.2 Å². The number of hydrogen-bond donors (Lipinski definition) is 2. The van der Waals surface area contributed by atoms with E-state index in [1.165, 1.54) is 23.4 Å².